The molecule has 0 radical (unpaired) electrons. The Labute approximate surface area is 123 Å². The van der Waals surface area contributed by atoms with Crippen molar-refractivity contribution >= 4 is 34.5 Å². The number of carbonyl (C=O) groups excluding carboxylic acids is 1. The van der Waals surface area contributed by atoms with Crippen molar-refractivity contribution in [1.82, 2.24) is 14.5 Å². The average Bonchev–Trinajstić information content (AvgIpc) is 2.75. The van der Waals surface area contributed by atoms with Gasteiger partial charge in [0.15, 0.2) is 0 Å². The summed E-state index contributed by atoms with van der Waals surface area (Å²) in [5.74, 6) is 0.503. The summed E-state index contributed by atoms with van der Waals surface area (Å²) in [4.78, 5) is 18.1. The third kappa shape index (κ3) is 2.72. The van der Waals surface area contributed by atoms with Crippen molar-refractivity contribution in [3.8, 4) is 0 Å². The molecule has 0 bridgehead atoms. The molecule has 1 heterocycles. The van der Waals surface area contributed by atoms with Gasteiger partial charge in [0.05, 0.1) is 16.1 Å². The second-order valence-electron chi connectivity index (χ2n) is 4.55. The summed E-state index contributed by atoms with van der Waals surface area (Å²) in [5.41, 5.74) is 7.46. The lowest BCUT2D eigenvalue weighted by Crippen LogP contribution is -2.31. The number of aromatic nitrogens is 2. The van der Waals surface area contributed by atoms with Crippen molar-refractivity contribution in [2.24, 2.45) is 0 Å². The lowest BCUT2D eigenvalue weighted by atomic mass is 10.3. The van der Waals surface area contributed by atoms with E-state index in [2.05, 4.69) is 4.98 Å². The molecule has 2 rings (SSSR count). The van der Waals surface area contributed by atoms with Crippen molar-refractivity contribution in [2.45, 2.75) is 26.8 Å². The number of aryl methyl sites for hydroxylation is 1. The van der Waals surface area contributed by atoms with Gasteiger partial charge in [0.1, 0.15) is 0 Å². The highest BCUT2D eigenvalue weighted by Crippen LogP contribution is 2.25. The van der Waals surface area contributed by atoms with Gasteiger partial charge in [0.25, 0.3) is 0 Å². The zero-order valence-corrected chi connectivity index (χ0v) is 12.5. The molecule has 5 nitrogen and oxygen atoms in total. The van der Waals surface area contributed by atoms with Crippen molar-refractivity contribution in [2.75, 3.05) is 18.8 Å². The summed E-state index contributed by atoms with van der Waals surface area (Å²) in [7, 11) is 0. The molecule has 1 aromatic carbocycles. The topological polar surface area (TPSA) is 64.2 Å². The lowest BCUT2D eigenvalue weighted by molar-refractivity contribution is -0.131. The number of nitrogens with two attached hydrogens (primary N) is 1. The van der Waals surface area contributed by atoms with Gasteiger partial charge in [0, 0.05) is 26.1 Å². The molecule has 6 heteroatoms. The van der Waals surface area contributed by atoms with Crippen LogP contribution in [0.4, 0.5) is 5.95 Å². The largest absolute Gasteiger partial charge is 0.369 e. The minimum Gasteiger partial charge on any atom is -0.369 e. The van der Waals surface area contributed by atoms with E-state index < -0.39 is 0 Å². The molecular formula is C14H19ClN4O. The van der Waals surface area contributed by atoms with Crippen molar-refractivity contribution < 1.29 is 4.79 Å². The second-order valence-corrected chi connectivity index (χ2v) is 4.95. The van der Waals surface area contributed by atoms with Gasteiger partial charge in [-0.1, -0.05) is 17.7 Å². The fraction of sp³-hybridized carbons (Fsp3) is 0.429. The average molecular weight is 295 g/mol. The number of fused-ring (bicyclic) bond motifs is 1. The Kier molecular flexibility index (Phi) is 4.49. The maximum Gasteiger partial charge on any atom is 0.224 e. The number of nitrogens with zero attached hydrogens (tertiary/aromatic N) is 3. The molecule has 2 aromatic rings. The Morgan fingerprint density at radius 2 is 2.10 bits per heavy atom. The minimum atomic E-state index is 0.114. The van der Waals surface area contributed by atoms with Crippen molar-refractivity contribution in [3.63, 3.8) is 0 Å². The molecule has 0 aliphatic carbocycles. The fourth-order valence-electron chi connectivity index (χ4n) is 2.33. The van der Waals surface area contributed by atoms with E-state index in [1.807, 2.05) is 26.0 Å². The summed E-state index contributed by atoms with van der Waals surface area (Å²) in [6, 6.07) is 5.50. The Morgan fingerprint density at radius 3 is 2.75 bits per heavy atom. The molecule has 0 unspecified atom stereocenters. The van der Waals surface area contributed by atoms with Gasteiger partial charge in [0.2, 0.25) is 11.9 Å². The summed E-state index contributed by atoms with van der Waals surface area (Å²) in [6.07, 6.45) is 0.391. The number of halogens is 1. The highest BCUT2D eigenvalue weighted by Gasteiger charge is 2.14. The van der Waals surface area contributed by atoms with Crippen LogP contribution in [-0.4, -0.2) is 33.4 Å². The summed E-state index contributed by atoms with van der Waals surface area (Å²) >= 11 is 6.20. The van der Waals surface area contributed by atoms with Crippen LogP contribution in [0.2, 0.25) is 5.02 Å². The van der Waals surface area contributed by atoms with E-state index in [4.69, 9.17) is 17.3 Å². The van der Waals surface area contributed by atoms with Crippen LogP contribution >= 0.6 is 11.6 Å². The van der Waals surface area contributed by atoms with E-state index in [-0.39, 0.29) is 5.91 Å². The number of imidazole rings is 1. The molecule has 0 saturated carbocycles. The van der Waals surface area contributed by atoms with E-state index in [0.29, 0.717) is 23.9 Å². The molecule has 0 spiro atoms. The number of hydrogen-bond acceptors (Lipinski definition) is 3. The maximum atomic E-state index is 12.1. The third-order valence-electron chi connectivity index (χ3n) is 3.41. The molecule has 0 fully saturated rings. The highest BCUT2D eigenvalue weighted by atomic mass is 35.5. The van der Waals surface area contributed by atoms with Crippen LogP contribution in [0.5, 0.6) is 0 Å². The zero-order chi connectivity index (χ0) is 14.7. The molecule has 108 valence electrons. The molecular weight excluding hydrogens is 276 g/mol. The lowest BCUT2D eigenvalue weighted by Gasteiger charge is -2.18. The van der Waals surface area contributed by atoms with Crippen LogP contribution in [0.3, 0.4) is 0 Å². The van der Waals surface area contributed by atoms with Crippen LogP contribution in [-0.2, 0) is 11.3 Å². The number of benzene rings is 1. The first kappa shape index (κ1) is 14.7. The normalized spacial score (nSPS) is 10.9. The number of rotatable bonds is 5. The SMILES string of the molecule is CCN(CC)C(=O)CCn1c(N)nc2cccc(Cl)c21. The smallest absolute Gasteiger partial charge is 0.224 e. The Hall–Kier alpha value is -1.75. The quantitative estimate of drug-likeness (QED) is 0.921. The molecule has 2 N–H and O–H groups in total. The number of hydrogen-bond donors (Lipinski definition) is 1. The standard InChI is InChI=1S/C14H19ClN4O/c1-3-18(4-2)12(20)8-9-19-13-10(15)6-5-7-11(13)17-14(19)16/h5-7H,3-4,8-9H2,1-2H3,(H2,16,17). The van der Waals surface area contributed by atoms with Gasteiger partial charge in [-0.2, -0.15) is 0 Å². The highest BCUT2D eigenvalue weighted by molar-refractivity contribution is 6.35. The molecule has 0 aliphatic heterocycles. The molecule has 1 aromatic heterocycles. The molecule has 0 atom stereocenters. The Morgan fingerprint density at radius 1 is 1.40 bits per heavy atom. The van der Waals surface area contributed by atoms with Crippen LogP contribution in [0, 0.1) is 0 Å². The minimum absolute atomic E-state index is 0.114. The Balaban J connectivity index is 2.22. The predicted molar refractivity (Wildman–Crippen MR) is 81.7 cm³/mol. The first-order valence-corrected chi connectivity index (χ1v) is 7.14. The number of amides is 1. The number of nitrogen functional groups attached to an aromatic ring is 1. The van der Waals surface area contributed by atoms with Crippen molar-refractivity contribution in [1.29, 1.82) is 0 Å². The van der Waals surface area contributed by atoms with Gasteiger partial charge < -0.3 is 15.2 Å². The van der Waals surface area contributed by atoms with E-state index in [1.165, 1.54) is 0 Å². The predicted octanol–water partition coefficient (Wildman–Crippen LogP) is 2.53. The van der Waals surface area contributed by atoms with E-state index in [1.54, 1.807) is 15.5 Å². The maximum absolute atomic E-state index is 12.1. The first-order valence-electron chi connectivity index (χ1n) is 6.76. The number of carbonyl (C=O) groups is 1. The molecule has 0 aliphatic rings. The molecule has 20 heavy (non-hydrogen) atoms. The van der Waals surface area contributed by atoms with Gasteiger partial charge in [-0.15, -0.1) is 0 Å². The molecule has 0 saturated heterocycles. The monoisotopic (exact) mass is 294 g/mol. The van der Waals surface area contributed by atoms with Gasteiger partial charge >= 0.3 is 0 Å². The van der Waals surface area contributed by atoms with E-state index in [0.717, 1.165) is 24.1 Å². The van der Waals surface area contributed by atoms with Gasteiger partial charge in [-0.25, -0.2) is 4.98 Å². The van der Waals surface area contributed by atoms with Gasteiger partial charge in [-0.3, -0.25) is 4.79 Å². The molecule has 1 amide bonds. The summed E-state index contributed by atoms with van der Waals surface area (Å²) < 4.78 is 1.80. The van der Waals surface area contributed by atoms with E-state index >= 15 is 0 Å². The van der Waals surface area contributed by atoms with Crippen LogP contribution in [0.1, 0.15) is 20.3 Å². The number of para-hydroxylation sites is 1. The van der Waals surface area contributed by atoms with Gasteiger partial charge in [-0.05, 0) is 26.0 Å². The summed E-state index contributed by atoms with van der Waals surface area (Å²) in [5, 5.41) is 0.599. The number of anilines is 1. The second kappa shape index (κ2) is 6.13. The fourth-order valence-corrected chi connectivity index (χ4v) is 2.60. The van der Waals surface area contributed by atoms with Crippen LogP contribution in [0.25, 0.3) is 11.0 Å². The van der Waals surface area contributed by atoms with Crippen molar-refractivity contribution in [3.05, 3.63) is 23.2 Å². The Bertz CT molecular complexity index is 619. The third-order valence-corrected chi connectivity index (χ3v) is 3.72. The van der Waals surface area contributed by atoms with Crippen LogP contribution in [0.15, 0.2) is 18.2 Å². The zero-order valence-electron chi connectivity index (χ0n) is 11.8. The summed E-state index contributed by atoms with van der Waals surface area (Å²) in [6.45, 7) is 5.87. The van der Waals surface area contributed by atoms with E-state index in [9.17, 15) is 4.79 Å². The van der Waals surface area contributed by atoms with Crippen LogP contribution < -0.4 is 5.73 Å². The first-order chi connectivity index (χ1) is 9.58.